The van der Waals surface area contributed by atoms with E-state index in [1.807, 2.05) is 6.26 Å². The van der Waals surface area contributed by atoms with Crippen molar-refractivity contribution in [1.29, 1.82) is 0 Å². The van der Waals surface area contributed by atoms with Crippen molar-refractivity contribution in [3.63, 3.8) is 0 Å². The molecule has 66 valence electrons. The maximum atomic E-state index is 10.5. The molecule has 0 unspecified atom stereocenters. The Morgan fingerprint density at radius 1 is 1.73 bits per heavy atom. The van der Waals surface area contributed by atoms with E-state index in [1.165, 1.54) is 0 Å². The number of carboxylic acids is 1. The largest absolute Gasteiger partial charge is 0.480 e. The van der Waals surface area contributed by atoms with E-state index in [-0.39, 0.29) is 0 Å². The highest BCUT2D eigenvalue weighted by molar-refractivity contribution is 7.98. The molecule has 0 spiro atoms. The van der Waals surface area contributed by atoms with Crippen molar-refractivity contribution in [2.45, 2.75) is 25.3 Å². The van der Waals surface area contributed by atoms with Crippen molar-refractivity contribution in [1.82, 2.24) is 0 Å². The van der Waals surface area contributed by atoms with E-state index in [2.05, 4.69) is 0 Å². The van der Waals surface area contributed by atoms with Gasteiger partial charge in [-0.2, -0.15) is 11.8 Å². The summed E-state index contributed by atoms with van der Waals surface area (Å²) in [6.45, 7) is 1.55. The zero-order valence-electron chi connectivity index (χ0n) is 6.96. The molecule has 0 aliphatic rings. The Balaban J connectivity index is 3.64. The lowest BCUT2D eigenvalue weighted by Crippen LogP contribution is -2.44. The molecule has 3 nitrogen and oxygen atoms in total. The van der Waals surface area contributed by atoms with Crippen LogP contribution in [0.5, 0.6) is 0 Å². The molecular weight excluding hydrogens is 162 g/mol. The molecule has 0 aromatic carbocycles. The summed E-state index contributed by atoms with van der Waals surface area (Å²) >= 11 is 1.71. The molecule has 0 amide bonds. The average Bonchev–Trinajstić information content (AvgIpc) is 1.88. The second-order valence-electron chi connectivity index (χ2n) is 2.82. The zero-order valence-corrected chi connectivity index (χ0v) is 7.78. The van der Waals surface area contributed by atoms with E-state index < -0.39 is 11.5 Å². The maximum Gasteiger partial charge on any atom is 0.323 e. The van der Waals surface area contributed by atoms with Crippen LogP contribution in [-0.2, 0) is 4.79 Å². The number of aliphatic carboxylic acids is 1. The summed E-state index contributed by atoms with van der Waals surface area (Å²) < 4.78 is 0. The summed E-state index contributed by atoms with van der Waals surface area (Å²) in [5.74, 6) is 0.0543. The smallest absolute Gasteiger partial charge is 0.323 e. The fourth-order valence-electron chi connectivity index (χ4n) is 0.691. The Morgan fingerprint density at radius 2 is 2.27 bits per heavy atom. The van der Waals surface area contributed by atoms with Gasteiger partial charge in [0.15, 0.2) is 0 Å². The van der Waals surface area contributed by atoms with E-state index in [9.17, 15) is 4.79 Å². The van der Waals surface area contributed by atoms with Crippen molar-refractivity contribution in [3.8, 4) is 0 Å². The average molecular weight is 177 g/mol. The molecule has 0 aromatic rings. The predicted molar refractivity (Wildman–Crippen MR) is 47.8 cm³/mol. The van der Waals surface area contributed by atoms with Crippen LogP contribution in [0.15, 0.2) is 0 Å². The van der Waals surface area contributed by atoms with Gasteiger partial charge in [-0.15, -0.1) is 0 Å². The number of carboxylic acid groups (broad SMARTS) is 1. The molecule has 0 aromatic heterocycles. The minimum atomic E-state index is -1.05. The van der Waals surface area contributed by atoms with Gasteiger partial charge in [0.1, 0.15) is 5.54 Å². The molecule has 1 atom stereocenters. The van der Waals surface area contributed by atoms with Crippen molar-refractivity contribution in [2.24, 2.45) is 5.73 Å². The first-order valence-electron chi connectivity index (χ1n) is 3.52. The summed E-state index contributed by atoms with van der Waals surface area (Å²) in [7, 11) is 0. The minimum Gasteiger partial charge on any atom is -0.480 e. The van der Waals surface area contributed by atoms with Gasteiger partial charge in [-0.3, -0.25) is 4.79 Å². The fourth-order valence-corrected chi connectivity index (χ4v) is 1.12. The van der Waals surface area contributed by atoms with Crippen molar-refractivity contribution >= 4 is 17.7 Å². The molecule has 0 bridgehead atoms. The van der Waals surface area contributed by atoms with Gasteiger partial charge in [-0.25, -0.2) is 0 Å². The Hall–Kier alpha value is -0.220. The molecule has 0 aliphatic heterocycles. The van der Waals surface area contributed by atoms with Gasteiger partial charge in [-0.1, -0.05) is 0 Å². The first-order chi connectivity index (χ1) is 5.00. The summed E-state index contributed by atoms with van der Waals surface area (Å²) in [6.07, 6.45) is 3.40. The van der Waals surface area contributed by atoms with Crippen LogP contribution < -0.4 is 5.73 Å². The molecule has 0 heterocycles. The fraction of sp³-hybridized carbons (Fsp3) is 0.857. The van der Waals surface area contributed by atoms with Crippen LogP contribution in [0.4, 0.5) is 0 Å². The predicted octanol–water partition coefficient (Wildman–Crippen LogP) is 0.932. The first kappa shape index (κ1) is 10.8. The van der Waals surface area contributed by atoms with Crippen molar-refractivity contribution < 1.29 is 9.90 Å². The van der Waals surface area contributed by atoms with E-state index in [0.29, 0.717) is 6.42 Å². The summed E-state index contributed by atoms with van der Waals surface area (Å²) in [4.78, 5) is 10.5. The van der Waals surface area contributed by atoms with Crippen molar-refractivity contribution in [2.75, 3.05) is 12.0 Å². The van der Waals surface area contributed by atoms with Gasteiger partial charge in [-0.05, 0) is 31.8 Å². The normalized spacial score (nSPS) is 15.9. The zero-order chi connectivity index (χ0) is 8.91. The third-order valence-corrected chi connectivity index (χ3v) is 2.23. The van der Waals surface area contributed by atoms with E-state index in [0.717, 1.165) is 12.2 Å². The third kappa shape index (κ3) is 4.27. The molecule has 11 heavy (non-hydrogen) atoms. The maximum absolute atomic E-state index is 10.5. The van der Waals surface area contributed by atoms with Crippen LogP contribution in [0.25, 0.3) is 0 Å². The second kappa shape index (κ2) is 4.62. The highest BCUT2D eigenvalue weighted by atomic mass is 32.2. The second-order valence-corrected chi connectivity index (χ2v) is 3.80. The van der Waals surface area contributed by atoms with Crippen LogP contribution >= 0.6 is 11.8 Å². The standard InChI is InChI=1S/C7H15NO2S/c1-7(8,6(9)10)4-3-5-11-2/h3-5,8H2,1-2H3,(H,9,10)/t7-/m0/s1. The molecule has 3 N–H and O–H groups in total. The van der Waals surface area contributed by atoms with Gasteiger partial charge in [0, 0.05) is 0 Å². The highest BCUT2D eigenvalue weighted by Gasteiger charge is 2.26. The highest BCUT2D eigenvalue weighted by Crippen LogP contribution is 2.10. The lowest BCUT2D eigenvalue weighted by atomic mass is 9.98. The SMILES string of the molecule is CSCCC[C@](C)(N)C(=O)O. The van der Waals surface area contributed by atoms with E-state index >= 15 is 0 Å². The van der Waals surface area contributed by atoms with Crippen LogP contribution in [0.3, 0.4) is 0 Å². The van der Waals surface area contributed by atoms with Crippen LogP contribution in [0.1, 0.15) is 19.8 Å². The monoisotopic (exact) mass is 177 g/mol. The third-order valence-electron chi connectivity index (χ3n) is 1.53. The van der Waals surface area contributed by atoms with E-state index in [4.69, 9.17) is 10.8 Å². The number of hydrogen-bond donors (Lipinski definition) is 2. The summed E-state index contributed by atoms with van der Waals surface area (Å²) in [5, 5.41) is 8.61. The molecule has 0 fully saturated rings. The topological polar surface area (TPSA) is 63.3 Å². The lowest BCUT2D eigenvalue weighted by molar-refractivity contribution is -0.142. The Labute approximate surface area is 71.3 Å². The summed E-state index contributed by atoms with van der Waals surface area (Å²) in [6, 6.07) is 0. The van der Waals surface area contributed by atoms with Gasteiger partial charge in [0.25, 0.3) is 0 Å². The Morgan fingerprint density at radius 3 is 2.64 bits per heavy atom. The molecule has 0 rings (SSSR count). The number of nitrogens with two attached hydrogens (primary N) is 1. The Bertz CT molecular complexity index is 136. The molecule has 0 aliphatic carbocycles. The number of carbonyl (C=O) groups is 1. The number of thioether (sulfide) groups is 1. The molecule has 4 heteroatoms. The van der Waals surface area contributed by atoms with Gasteiger partial charge in [0.2, 0.25) is 0 Å². The molecular formula is C7H15NO2S. The quantitative estimate of drug-likeness (QED) is 0.613. The minimum absolute atomic E-state index is 0.545. The van der Waals surface area contributed by atoms with Crippen LogP contribution in [0.2, 0.25) is 0 Å². The lowest BCUT2D eigenvalue weighted by Gasteiger charge is -2.18. The van der Waals surface area contributed by atoms with Crippen LogP contribution in [0, 0.1) is 0 Å². The molecule has 0 saturated carbocycles. The number of rotatable bonds is 5. The molecule has 0 saturated heterocycles. The Kier molecular flexibility index (Phi) is 4.52. The molecule has 0 radical (unpaired) electrons. The van der Waals surface area contributed by atoms with E-state index in [1.54, 1.807) is 18.7 Å². The number of hydrogen-bond acceptors (Lipinski definition) is 3. The van der Waals surface area contributed by atoms with Crippen molar-refractivity contribution in [3.05, 3.63) is 0 Å². The van der Waals surface area contributed by atoms with Gasteiger partial charge >= 0.3 is 5.97 Å². The summed E-state index contributed by atoms with van der Waals surface area (Å²) in [5.41, 5.74) is 4.45. The first-order valence-corrected chi connectivity index (χ1v) is 4.91. The van der Waals surface area contributed by atoms with Crippen LogP contribution in [-0.4, -0.2) is 28.6 Å². The van der Waals surface area contributed by atoms with Gasteiger partial charge < -0.3 is 10.8 Å². The van der Waals surface area contributed by atoms with Gasteiger partial charge in [0.05, 0.1) is 0 Å².